The van der Waals surface area contributed by atoms with Crippen molar-refractivity contribution >= 4 is 22.7 Å². The van der Waals surface area contributed by atoms with Crippen LogP contribution in [0.15, 0.2) is 42.7 Å². The van der Waals surface area contributed by atoms with Crippen LogP contribution in [-0.2, 0) is 13.6 Å². The molecule has 0 spiro atoms. The Kier molecular flexibility index (Phi) is 3.27. The minimum absolute atomic E-state index is 0.145. The summed E-state index contributed by atoms with van der Waals surface area (Å²) >= 11 is 0. The zero-order valence-electron chi connectivity index (χ0n) is 11.4. The zero-order chi connectivity index (χ0) is 14.8. The van der Waals surface area contributed by atoms with Gasteiger partial charge in [-0.15, -0.1) is 0 Å². The number of aromatic nitrogens is 3. The van der Waals surface area contributed by atoms with Gasteiger partial charge in [0, 0.05) is 19.8 Å². The number of rotatable bonds is 4. The highest BCUT2D eigenvalue weighted by Gasteiger charge is 2.16. The Hall–Kier alpha value is -2.89. The first kappa shape index (κ1) is 13.1. The Balaban J connectivity index is 2.02. The molecule has 2 N–H and O–H groups in total. The van der Waals surface area contributed by atoms with Crippen LogP contribution in [0.3, 0.4) is 0 Å². The lowest BCUT2D eigenvalue weighted by molar-refractivity contribution is 0.0697. The van der Waals surface area contributed by atoms with Crippen LogP contribution in [0.5, 0.6) is 0 Å². The molecule has 0 radical (unpaired) electrons. The van der Waals surface area contributed by atoms with Gasteiger partial charge >= 0.3 is 5.97 Å². The van der Waals surface area contributed by atoms with Crippen molar-refractivity contribution in [1.82, 2.24) is 14.8 Å². The Bertz CT molecular complexity index is 796. The second kappa shape index (κ2) is 5.24. The summed E-state index contributed by atoms with van der Waals surface area (Å²) in [5.74, 6) is -1.01. The molecule has 0 saturated heterocycles. The summed E-state index contributed by atoms with van der Waals surface area (Å²) < 4.78 is 1.62. The van der Waals surface area contributed by atoms with Gasteiger partial charge in [-0.1, -0.05) is 30.3 Å². The Labute approximate surface area is 121 Å². The molecule has 6 heteroatoms. The van der Waals surface area contributed by atoms with Crippen molar-refractivity contribution in [3.05, 3.63) is 53.9 Å². The number of hydrogen-bond acceptors (Lipinski definition) is 4. The second-order valence-corrected chi connectivity index (χ2v) is 4.70. The van der Waals surface area contributed by atoms with Crippen LogP contribution in [0, 0.1) is 0 Å². The van der Waals surface area contributed by atoms with E-state index in [-0.39, 0.29) is 5.56 Å². The molecule has 106 valence electrons. The number of benzene rings is 1. The topological polar surface area (TPSA) is 80.0 Å². The van der Waals surface area contributed by atoms with Gasteiger partial charge in [0.2, 0.25) is 0 Å². The van der Waals surface area contributed by atoms with E-state index in [2.05, 4.69) is 15.4 Å². The number of fused-ring (bicyclic) bond motifs is 1. The van der Waals surface area contributed by atoms with Crippen molar-refractivity contribution in [3.8, 4) is 0 Å². The van der Waals surface area contributed by atoms with Crippen LogP contribution in [0.25, 0.3) is 11.0 Å². The van der Waals surface area contributed by atoms with Gasteiger partial charge in [-0.3, -0.25) is 4.68 Å². The molecule has 1 aromatic carbocycles. The van der Waals surface area contributed by atoms with E-state index in [0.717, 1.165) is 5.56 Å². The van der Waals surface area contributed by atoms with E-state index in [4.69, 9.17) is 0 Å². The average Bonchev–Trinajstić information content (AvgIpc) is 2.87. The maximum absolute atomic E-state index is 11.4. The molecule has 6 nitrogen and oxygen atoms in total. The standard InChI is InChI=1S/C15H14N4O2/c1-19-14-11(9-18-19)13(12(8-17-14)15(20)21)16-7-10-5-3-2-4-6-10/h2-6,8-9H,7H2,1H3,(H,16,17)(H,20,21). The van der Waals surface area contributed by atoms with Crippen LogP contribution in [-0.4, -0.2) is 25.8 Å². The second-order valence-electron chi connectivity index (χ2n) is 4.70. The molecule has 0 amide bonds. The van der Waals surface area contributed by atoms with Crippen LogP contribution in [0.1, 0.15) is 15.9 Å². The Morgan fingerprint density at radius 1 is 1.29 bits per heavy atom. The van der Waals surface area contributed by atoms with Crippen molar-refractivity contribution in [1.29, 1.82) is 0 Å². The molecule has 0 aliphatic carbocycles. The fourth-order valence-electron chi connectivity index (χ4n) is 2.23. The number of carboxylic acid groups (broad SMARTS) is 1. The highest BCUT2D eigenvalue weighted by molar-refractivity contribution is 6.03. The van der Waals surface area contributed by atoms with E-state index < -0.39 is 5.97 Å². The minimum Gasteiger partial charge on any atom is -0.478 e. The van der Waals surface area contributed by atoms with Gasteiger partial charge in [0.15, 0.2) is 5.65 Å². The first-order valence-corrected chi connectivity index (χ1v) is 6.48. The van der Waals surface area contributed by atoms with E-state index >= 15 is 0 Å². The molecule has 0 fully saturated rings. The van der Waals surface area contributed by atoms with Crippen LogP contribution in [0.2, 0.25) is 0 Å². The number of carbonyl (C=O) groups is 1. The lowest BCUT2D eigenvalue weighted by Gasteiger charge is -2.10. The number of aromatic carboxylic acids is 1. The lowest BCUT2D eigenvalue weighted by Crippen LogP contribution is -2.08. The fraction of sp³-hybridized carbons (Fsp3) is 0.133. The SMILES string of the molecule is Cn1ncc2c(NCc3ccccc3)c(C(=O)O)cnc21. The highest BCUT2D eigenvalue weighted by Crippen LogP contribution is 2.26. The Morgan fingerprint density at radius 3 is 2.76 bits per heavy atom. The van der Waals surface area contributed by atoms with Crippen molar-refractivity contribution in [2.45, 2.75) is 6.54 Å². The van der Waals surface area contributed by atoms with E-state index in [0.29, 0.717) is 23.3 Å². The molecule has 3 aromatic rings. The van der Waals surface area contributed by atoms with Crippen LogP contribution >= 0.6 is 0 Å². The van der Waals surface area contributed by atoms with Gasteiger partial charge in [-0.2, -0.15) is 5.10 Å². The first-order valence-electron chi connectivity index (χ1n) is 6.48. The first-order chi connectivity index (χ1) is 10.2. The van der Waals surface area contributed by atoms with Crippen molar-refractivity contribution in [2.75, 3.05) is 5.32 Å². The largest absolute Gasteiger partial charge is 0.478 e. The van der Waals surface area contributed by atoms with Gasteiger partial charge in [-0.25, -0.2) is 9.78 Å². The summed E-state index contributed by atoms with van der Waals surface area (Å²) in [5, 5.41) is 17.4. The summed E-state index contributed by atoms with van der Waals surface area (Å²) in [7, 11) is 1.77. The monoisotopic (exact) mass is 282 g/mol. The third-order valence-corrected chi connectivity index (χ3v) is 3.30. The highest BCUT2D eigenvalue weighted by atomic mass is 16.4. The van der Waals surface area contributed by atoms with E-state index in [1.807, 2.05) is 30.3 Å². The smallest absolute Gasteiger partial charge is 0.339 e. The Morgan fingerprint density at radius 2 is 2.05 bits per heavy atom. The predicted octanol–water partition coefficient (Wildman–Crippen LogP) is 2.28. The molecular formula is C15H14N4O2. The minimum atomic E-state index is -1.01. The van der Waals surface area contributed by atoms with Gasteiger partial charge in [0.05, 0.1) is 17.3 Å². The summed E-state index contributed by atoms with van der Waals surface area (Å²) in [6, 6.07) is 9.80. The lowest BCUT2D eigenvalue weighted by atomic mass is 10.1. The van der Waals surface area contributed by atoms with E-state index in [1.54, 1.807) is 17.9 Å². The van der Waals surface area contributed by atoms with E-state index in [1.165, 1.54) is 6.20 Å². The molecular weight excluding hydrogens is 268 g/mol. The molecule has 0 atom stereocenters. The maximum Gasteiger partial charge on any atom is 0.339 e. The number of anilines is 1. The van der Waals surface area contributed by atoms with Gasteiger partial charge in [0.1, 0.15) is 5.56 Å². The summed E-state index contributed by atoms with van der Waals surface area (Å²) in [4.78, 5) is 15.5. The van der Waals surface area contributed by atoms with Crippen LogP contribution in [0.4, 0.5) is 5.69 Å². The summed E-state index contributed by atoms with van der Waals surface area (Å²) in [6.07, 6.45) is 2.99. The molecule has 3 rings (SSSR count). The molecule has 21 heavy (non-hydrogen) atoms. The molecule has 0 unspecified atom stereocenters. The molecule has 0 bridgehead atoms. The summed E-state index contributed by atoms with van der Waals surface area (Å²) in [5.41, 5.74) is 2.41. The molecule has 0 aliphatic rings. The van der Waals surface area contributed by atoms with E-state index in [9.17, 15) is 9.90 Å². The molecule has 2 heterocycles. The van der Waals surface area contributed by atoms with Crippen molar-refractivity contribution in [3.63, 3.8) is 0 Å². The van der Waals surface area contributed by atoms with Crippen molar-refractivity contribution in [2.24, 2.45) is 7.05 Å². The number of aryl methyl sites for hydroxylation is 1. The van der Waals surface area contributed by atoms with Crippen molar-refractivity contribution < 1.29 is 9.90 Å². The normalized spacial score (nSPS) is 10.7. The molecule has 0 aliphatic heterocycles. The summed E-state index contributed by atoms with van der Waals surface area (Å²) in [6.45, 7) is 0.537. The molecule has 0 saturated carbocycles. The van der Waals surface area contributed by atoms with Gasteiger partial charge in [-0.05, 0) is 5.56 Å². The number of nitrogens with one attached hydrogen (secondary N) is 1. The van der Waals surface area contributed by atoms with Gasteiger partial charge < -0.3 is 10.4 Å². The zero-order valence-corrected chi connectivity index (χ0v) is 11.4. The third-order valence-electron chi connectivity index (χ3n) is 3.30. The molecule has 2 aromatic heterocycles. The predicted molar refractivity (Wildman–Crippen MR) is 79.2 cm³/mol. The van der Waals surface area contributed by atoms with Crippen LogP contribution < -0.4 is 5.32 Å². The average molecular weight is 282 g/mol. The number of nitrogens with zero attached hydrogens (tertiary/aromatic N) is 3. The quantitative estimate of drug-likeness (QED) is 0.767. The fourth-order valence-corrected chi connectivity index (χ4v) is 2.23. The maximum atomic E-state index is 11.4. The number of carboxylic acids is 1. The number of pyridine rings is 1. The van der Waals surface area contributed by atoms with Gasteiger partial charge in [0.25, 0.3) is 0 Å². The third kappa shape index (κ3) is 2.43. The number of hydrogen-bond donors (Lipinski definition) is 2.